The van der Waals surface area contributed by atoms with Crippen molar-refractivity contribution in [2.24, 2.45) is 0 Å². The first-order valence-electron chi connectivity index (χ1n) is 6.79. The maximum atomic E-state index is 14.2. The normalized spacial score (nSPS) is 26.8. The van der Waals surface area contributed by atoms with Crippen LogP contribution in [0.3, 0.4) is 0 Å². The highest BCUT2D eigenvalue weighted by atomic mass is 79.9. The van der Waals surface area contributed by atoms with Crippen molar-refractivity contribution in [3.8, 4) is 0 Å². The van der Waals surface area contributed by atoms with Gasteiger partial charge in [0.1, 0.15) is 4.90 Å². The van der Waals surface area contributed by atoms with Gasteiger partial charge in [0.05, 0.1) is 23.2 Å². The third-order valence-electron chi connectivity index (χ3n) is 4.03. The number of morpholine rings is 1. The van der Waals surface area contributed by atoms with Gasteiger partial charge in [-0.05, 0) is 47.3 Å². The number of ether oxygens (including phenoxy) is 1. The Kier molecular flexibility index (Phi) is 3.98. The number of rotatable bonds is 2. The van der Waals surface area contributed by atoms with E-state index >= 15 is 0 Å². The maximum Gasteiger partial charge on any atom is 0.246 e. The average molecular weight is 379 g/mol. The predicted octanol–water partition coefficient (Wildman–Crippen LogP) is 2.11. The Morgan fingerprint density at radius 2 is 2.14 bits per heavy atom. The zero-order valence-corrected chi connectivity index (χ0v) is 13.7. The van der Waals surface area contributed by atoms with Crippen LogP contribution in [0.4, 0.5) is 10.1 Å². The van der Waals surface area contributed by atoms with Gasteiger partial charge in [0.25, 0.3) is 0 Å². The molecular formula is C13H16BrFN2O3S. The fourth-order valence-electron chi connectivity index (χ4n) is 3.09. The van der Waals surface area contributed by atoms with Gasteiger partial charge in [-0.15, -0.1) is 0 Å². The fraction of sp³-hybridized carbons (Fsp3) is 0.538. The van der Waals surface area contributed by atoms with Crippen molar-refractivity contribution in [3.05, 3.63) is 22.4 Å². The van der Waals surface area contributed by atoms with E-state index in [0.717, 1.165) is 19.3 Å². The van der Waals surface area contributed by atoms with Gasteiger partial charge >= 0.3 is 0 Å². The Morgan fingerprint density at radius 1 is 1.38 bits per heavy atom. The summed E-state index contributed by atoms with van der Waals surface area (Å²) in [5.74, 6) is -0.801. The lowest BCUT2D eigenvalue weighted by Gasteiger charge is -2.36. The second-order valence-electron chi connectivity index (χ2n) is 5.34. The molecule has 8 heteroatoms. The summed E-state index contributed by atoms with van der Waals surface area (Å²) in [6.07, 6.45) is 2.43. The van der Waals surface area contributed by atoms with Gasteiger partial charge in [0.15, 0.2) is 5.82 Å². The Morgan fingerprint density at radius 3 is 2.90 bits per heavy atom. The number of nitrogens with two attached hydrogens (primary N) is 1. The standard InChI is InChI=1S/C13H16BrFN2O3S/c14-9-6-8(16)7-12(13(9)15)21(18,19)17-4-5-20-11-3-1-2-10(11)17/h6-7,10-11H,1-5,16H2. The van der Waals surface area contributed by atoms with Gasteiger partial charge < -0.3 is 10.5 Å². The van der Waals surface area contributed by atoms with E-state index in [-0.39, 0.29) is 33.7 Å². The number of halogens is 2. The largest absolute Gasteiger partial charge is 0.399 e. The average Bonchev–Trinajstić information content (AvgIpc) is 2.90. The molecule has 116 valence electrons. The van der Waals surface area contributed by atoms with E-state index in [0.29, 0.717) is 6.61 Å². The van der Waals surface area contributed by atoms with Crippen molar-refractivity contribution in [3.63, 3.8) is 0 Å². The lowest BCUT2D eigenvalue weighted by atomic mass is 10.2. The fourth-order valence-corrected chi connectivity index (χ4v) is 5.48. The van der Waals surface area contributed by atoms with E-state index in [1.807, 2.05) is 0 Å². The van der Waals surface area contributed by atoms with Crippen LogP contribution >= 0.6 is 15.9 Å². The van der Waals surface area contributed by atoms with Crippen molar-refractivity contribution in [2.75, 3.05) is 18.9 Å². The van der Waals surface area contributed by atoms with E-state index in [9.17, 15) is 12.8 Å². The molecule has 1 aliphatic carbocycles. The van der Waals surface area contributed by atoms with E-state index in [1.165, 1.54) is 16.4 Å². The van der Waals surface area contributed by atoms with Gasteiger partial charge in [-0.1, -0.05) is 0 Å². The first kappa shape index (κ1) is 15.2. The molecule has 2 unspecified atom stereocenters. The van der Waals surface area contributed by atoms with Gasteiger partial charge in [-0.3, -0.25) is 0 Å². The number of sulfonamides is 1. The Labute approximate surface area is 131 Å². The molecular weight excluding hydrogens is 363 g/mol. The van der Waals surface area contributed by atoms with Crippen LogP contribution in [0.2, 0.25) is 0 Å². The molecule has 0 aromatic heterocycles. The van der Waals surface area contributed by atoms with Crippen LogP contribution in [-0.2, 0) is 14.8 Å². The number of benzene rings is 1. The molecule has 0 bridgehead atoms. The number of nitrogens with zero attached hydrogens (tertiary/aromatic N) is 1. The van der Waals surface area contributed by atoms with Crippen molar-refractivity contribution >= 4 is 31.6 Å². The zero-order chi connectivity index (χ0) is 15.2. The summed E-state index contributed by atoms with van der Waals surface area (Å²) < 4.78 is 46.9. The Hall–Kier alpha value is -0.700. The summed E-state index contributed by atoms with van der Waals surface area (Å²) in [4.78, 5) is -0.373. The second kappa shape index (κ2) is 5.49. The molecule has 1 aromatic carbocycles. The van der Waals surface area contributed by atoms with Gasteiger partial charge in [0, 0.05) is 12.2 Å². The summed E-state index contributed by atoms with van der Waals surface area (Å²) >= 11 is 3.01. The Balaban J connectivity index is 2.04. The highest BCUT2D eigenvalue weighted by Gasteiger charge is 2.43. The molecule has 2 fully saturated rings. The molecule has 2 atom stereocenters. The first-order chi connectivity index (χ1) is 9.91. The van der Waals surface area contributed by atoms with Crippen molar-refractivity contribution < 1.29 is 17.5 Å². The van der Waals surface area contributed by atoms with E-state index in [2.05, 4.69) is 15.9 Å². The minimum Gasteiger partial charge on any atom is -0.399 e. The third kappa shape index (κ3) is 2.58. The van der Waals surface area contributed by atoms with Crippen LogP contribution in [0.15, 0.2) is 21.5 Å². The number of hydrogen-bond donors (Lipinski definition) is 1. The highest BCUT2D eigenvalue weighted by Crippen LogP contribution is 2.35. The van der Waals surface area contributed by atoms with Crippen molar-refractivity contribution in [1.29, 1.82) is 0 Å². The lowest BCUT2D eigenvalue weighted by molar-refractivity contribution is -0.0242. The SMILES string of the molecule is Nc1cc(Br)c(F)c(S(=O)(=O)N2CCOC3CCCC32)c1. The number of fused-ring (bicyclic) bond motifs is 1. The van der Waals surface area contributed by atoms with Crippen LogP contribution in [0.1, 0.15) is 19.3 Å². The molecule has 3 rings (SSSR count). The topological polar surface area (TPSA) is 72.6 Å². The molecule has 0 amide bonds. The number of hydrogen-bond acceptors (Lipinski definition) is 4. The van der Waals surface area contributed by atoms with Crippen LogP contribution in [0.5, 0.6) is 0 Å². The number of nitrogen functional groups attached to an aromatic ring is 1. The third-order valence-corrected chi connectivity index (χ3v) is 6.54. The van der Waals surface area contributed by atoms with Crippen LogP contribution in [0, 0.1) is 5.82 Å². The van der Waals surface area contributed by atoms with Crippen molar-refractivity contribution in [2.45, 2.75) is 36.3 Å². The zero-order valence-electron chi connectivity index (χ0n) is 11.3. The van der Waals surface area contributed by atoms with Crippen LogP contribution in [-0.4, -0.2) is 38.0 Å². The molecule has 1 saturated heterocycles. The molecule has 0 radical (unpaired) electrons. The van der Waals surface area contributed by atoms with Crippen molar-refractivity contribution in [1.82, 2.24) is 4.31 Å². The summed E-state index contributed by atoms with van der Waals surface area (Å²) in [6.45, 7) is 0.584. The molecule has 1 aliphatic heterocycles. The first-order valence-corrected chi connectivity index (χ1v) is 9.02. The number of anilines is 1. The van der Waals surface area contributed by atoms with E-state index in [4.69, 9.17) is 10.5 Å². The summed E-state index contributed by atoms with van der Waals surface area (Å²) in [5, 5.41) is 0. The van der Waals surface area contributed by atoms with Gasteiger partial charge in [-0.25, -0.2) is 12.8 Å². The van der Waals surface area contributed by atoms with Gasteiger partial charge in [0.2, 0.25) is 10.0 Å². The highest BCUT2D eigenvalue weighted by molar-refractivity contribution is 9.10. The smallest absolute Gasteiger partial charge is 0.246 e. The predicted molar refractivity (Wildman–Crippen MR) is 79.8 cm³/mol. The Bertz CT molecular complexity index is 668. The van der Waals surface area contributed by atoms with E-state index in [1.54, 1.807) is 0 Å². The summed E-state index contributed by atoms with van der Waals surface area (Å²) in [7, 11) is -3.92. The monoisotopic (exact) mass is 378 g/mol. The minimum absolute atomic E-state index is 0.0531. The molecule has 21 heavy (non-hydrogen) atoms. The molecule has 5 nitrogen and oxygen atoms in total. The summed E-state index contributed by atoms with van der Waals surface area (Å²) in [5.41, 5.74) is 5.86. The molecule has 1 aromatic rings. The quantitative estimate of drug-likeness (QED) is 0.799. The second-order valence-corrected chi connectivity index (χ2v) is 8.05. The van der Waals surface area contributed by atoms with Gasteiger partial charge in [-0.2, -0.15) is 4.31 Å². The summed E-state index contributed by atoms with van der Waals surface area (Å²) in [6, 6.07) is 2.32. The molecule has 0 spiro atoms. The molecule has 1 saturated carbocycles. The van der Waals surface area contributed by atoms with E-state index < -0.39 is 15.8 Å². The van der Waals surface area contributed by atoms with Crippen LogP contribution in [0.25, 0.3) is 0 Å². The minimum atomic E-state index is -3.92. The lowest BCUT2D eigenvalue weighted by Crippen LogP contribution is -2.51. The molecule has 1 heterocycles. The molecule has 2 N–H and O–H groups in total. The maximum absolute atomic E-state index is 14.2. The molecule has 2 aliphatic rings. The van der Waals surface area contributed by atoms with Crippen LogP contribution < -0.4 is 5.73 Å².